The first-order valence-electron chi connectivity index (χ1n) is 9.55. The van der Waals surface area contributed by atoms with Crippen LogP contribution in [0.4, 0.5) is 5.69 Å². The predicted octanol–water partition coefficient (Wildman–Crippen LogP) is 3.02. The SMILES string of the molecule is O=C(Nc1ccc2c(c1)CCC2=O)c1ccc(CN2CCCC(O)C2)cc1. The second-order valence-corrected chi connectivity index (χ2v) is 7.48. The summed E-state index contributed by atoms with van der Waals surface area (Å²) in [6.45, 7) is 2.50. The third kappa shape index (κ3) is 4.10. The molecule has 1 aliphatic carbocycles. The quantitative estimate of drug-likeness (QED) is 0.875. The molecule has 2 aliphatic rings. The van der Waals surface area contributed by atoms with Crippen LogP contribution in [0.5, 0.6) is 0 Å². The van der Waals surface area contributed by atoms with E-state index in [-0.39, 0.29) is 17.8 Å². The van der Waals surface area contributed by atoms with Crippen LogP contribution in [0, 0.1) is 0 Å². The molecule has 1 amide bonds. The Balaban J connectivity index is 1.38. The number of nitrogens with zero attached hydrogens (tertiary/aromatic N) is 1. The van der Waals surface area contributed by atoms with E-state index in [1.165, 1.54) is 0 Å². The zero-order valence-electron chi connectivity index (χ0n) is 15.3. The van der Waals surface area contributed by atoms with Crippen LogP contribution in [0.1, 0.15) is 51.1 Å². The number of nitrogens with one attached hydrogen (secondary N) is 1. The highest BCUT2D eigenvalue weighted by molar-refractivity contribution is 6.05. The molecule has 5 nitrogen and oxygen atoms in total. The van der Waals surface area contributed by atoms with Gasteiger partial charge in [-0.2, -0.15) is 0 Å². The van der Waals surface area contributed by atoms with E-state index in [0.29, 0.717) is 18.5 Å². The fourth-order valence-electron chi connectivity index (χ4n) is 3.93. The second-order valence-electron chi connectivity index (χ2n) is 7.48. The predicted molar refractivity (Wildman–Crippen MR) is 104 cm³/mol. The molecule has 0 spiro atoms. The molecule has 2 aromatic carbocycles. The van der Waals surface area contributed by atoms with Crippen LogP contribution in [0.2, 0.25) is 0 Å². The molecule has 2 N–H and O–H groups in total. The van der Waals surface area contributed by atoms with E-state index in [9.17, 15) is 14.7 Å². The summed E-state index contributed by atoms with van der Waals surface area (Å²) in [4.78, 5) is 26.5. The number of benzene rings is 2. The third-order valence-electron chi connectivity index (χ3n) is 5.39. The Bertz CT molecular complexity index is 860. The van der Waals surface area contributed by atoms with Crippen LogP contribution in [0.3, 0.4) is 0 Å². The summed E-state index contributed by atoms with van der Waals surface area (Å²) in [6.07, 6.45) is 2.98. The van der Waals surface area contributed by atoms with Crippen LogP contribution in [0.25, 0.3) is 0 Å². The minimum Gasteiger partial charge on any atom is -0.392 e. The van der Waals surface area contributed by atoms with Crippen LogP contribution in [-0.2, 0) is 13.0 Å². The van der Waals surface area contributed by atoms with Gasteiger partial charge in [-0.05, 0) is 67.3 Å². The number of carbonyl (C=O) groups excluding carboxylic acids is 2. The van der Waals surface area contributed by atoms with E-state index in [1.807, 2.05) is 30.3 Å². The minimum absolute atomic E-state index is 0.154. The normalized spacial score (nSPS) is 19.7. The van der Waals surface area contributed by atoms with E-state index in [1.54, 1.807) is 12.1 Å². The van der Waals surface area contributed by atoms with Crippen molar-refractivity contribution in [2.24, 2.45) is 0 Å². The first-order chi connectivity index (χ1) is 13.1. The van der Waals surface area contributed by atoms with Gasteiger partial charge in [0.1, 0.15) is 0 Å². The summed E-state index contributed by atoms with van der Waals surface area (Å²) < 4.78 is 0. The topological polar surface area (TPSA) is 69.6 Å². The molecule has 2 aromatic rings. The Kier molecular flexibility index (Phi) is 5.05. The van der Waals surface area contributed by atoms with Crippen molar-refractivity contribution in [2.75, 3.05) is 18.4 Å². The zero-order chi connectivity index (χ0) is 18.8. The lowest BCUT2D eigenvalue weighted by Crippen LogP contribution is -2.37. The average Bonchev–Trinajstić information content (AvgIpc) is 3.03. The van der Waals surface area contributed by atoms with Gasteiger partial charge in [-0.25, -0.2) is 0 Å². The van der Waals surface area contributed by atoms with Crippen molar-refractivity contribution in [1.29, 1.82) is 0 Å². The molecule has 1 aliphatic heterocycles. The van der Waals surface area contributed by atoms with Gasteiger partial charge < -0.3 is 10.4 Å². The Morgan fingerprint density at radius 1 is 1.15 bits per heavy atom. The largest absolute Gasteiger partial charge is 0.392 e. The van der Waals surface area contributed by atoms with Crippen molar-refractivity contribution in [1.82, 2.24) is 4.90 Å². The van der Waals surface area contributed by atoms with Crippen LogP contribution < -0.4 is 5.32 Å². The molecule has 0 saturated carbocycles. The highest BCUT2D eigenvalue weighted by Gasteiger charge is 2.20. The van der Waals surface area contributed by atoms with Crippen LogP contribution in [-0.4, -0.2) is 40.9 Å². The first kappa shape index (κ1) is 17.9. The Morgan fingerprint density at radius 2 is 1.96 bits per heavy atom. The lowest BCUT2D eigenvalue weighted by molar-refractivity contribution is 0.0668. The monoisotopic (exact) mass is 364 g/mol. The maximum atomic E-state index is 12.5. The van der Waals surface area contributed by atoms with E-state index in [0.717, 1.165) is 54.7 Å². The summed E-state index contributed by atoms with van der Waals surface area (Å²) in [5.41, 5.74) is 4.25. The summed E-state index contributed by atoms with van der Waals surface area (Å²) in [7, 11) is 0. The van der Waals surface area contributed by atoms with E-state index >= 15 is 0 Å². The molecule has 1 heterocycles. The molecule has 1 saturated heterocycles. The number of ketones is 1. The van der Waals surface area contributed by atoms with Gasteiger partial charge in [0.15, 0.2) is 5.78 Å². The van der Waals surface area contributed by atoms with Gasteiger partial charge in [-0.3, -0.25) is 14.5 Å². The van der Waals surface area contributed by atoms with Crippen molar-refractivity contribution in [2.45, 2.75) is 38.3 Å². The van der Waals surface area contributed by atoms with Crippen molar-refractivity contribution in [3.05, 3.63) is 64.7 Å². The zero-order valence-corrected chi connectivity index (χ0v) is 15.3. The van der Waals surface area contributed by atoms with Gasteiger partial charge >= 0.3 is 0 Å². The number of amides is 1. The van der Waals surface area contributed by atoms with E-state index in [2.05, 4.69) is 10.2 Å². The number of hydrogen-bond acceptors (Lipinski definition) is 4. The number of Topliss-reactive ketones (excluding diaryl/α,β-unsaturated/α-hetero) is 1. The minimum atomic E-state index is -0.230. The summed E-state index contributed by atoms with van der Waals surface area (Å²) in [6, 6.07) is 13.1. The molecule has 0 radical (unpaired) electrons. The van der Waals surface area contributed by atoms with Gasteiger partial charge in [0.2, 0.25) is 0 Å². The highest BCUT2D eigenvalue weighted by atomic mass is 16.3. The number of likely N-dealkylation sites (tertiary alicyclic amines) is 1. The number of piperidine rings is 1. The van der Waals surface area contributed by atoms with Crippen LogP contribution >= 0.6 is 0 Å². The van der Waals surface area contributed by atoms with E-state index < -0.39 is 0 Å². The number of anilines is 1. The third-order valence-corrected chi connectivity index (χ3v) is 5.39. The number of rotatable bonds is 4. The van der Waals surface area contributed by atoms with Crippen molar-refractivity contribution in [3.63, 3.8) is 0 Å². The average molecular weight is 364 g/mol. The Morgan fingerprint density at radius 3 is 2.74 bits per heavy atom. The lowest BCUT2D eigenvalue weighted by Gasteiger charge is -2.29. The molecular weight excluding hydrogens is 340 g/mol. The Hall–Kier alpha value is -2.50. The Labute approximate surface area is 159 Å². The van der Waals surface area contributed by atoms with Crippen molar-refractivity contribution >= 4 is 17.4 Å². The standard InChI is InChI=1S/C22H24N2O3/c25-19-2-1-11-24(14-19)13-15-3-5-16(6-4-15)22(27)23-18-8-9-20-17(12-18)7-10-21(20)26/h3-6,8-9,12,19,25H,1-2,7,10-11,13-14H2,(H,23,27). The fraction of sp³-hybridized carbons (Fsp3) is 0.364. The molecule has 27 heavy (non-hydrogen) atoms. The molecular formula is C22H24N2O3. The smallest absolute Gasteiger partial charge is 0.255 e. The number of aliphatic hydroxyl groups excluding tert-OH is 1. The van der Waals surface area contributed by atoms with Gasteiger partial charge in [-0.1, -0.05) is 12.1 Å². The van der Waals surface area contributed by atoms with Gasteiger partial charge in [0.05, 0.1) is 6.10 Å². The number of carbonyl (C=O) groups is 2. The number of fused-ring (bicyclic) bond motifs is 1. The van der Waals surface area contributed by atoms with Gasteiger partial charge in [-0.15, -0.1) is 0 Å². The molecule has 1 unspecified atom stereocenters. The lowest BCUT2D eigenvalue weighted by atomic mass is 10.1. The second kappa shape index (κ2) is 7.62. The summed E-state index contributed by atoms with van der Waals surface area (Å²) in [5.74, 6) is 0.0268. The molecule has 140 valence electrons. The van der Waals surface area contributed by atoms with E-state index in [4.69, 9.17) is 0 Å². The fourth-order valence-corrected chi connectivity index (χ4v) is 3.93. The highest BCUT2D eigenvalue weighted by Crippen LogP contribution is 2.25. The first-order valence-corrected chi connectivity index (χ1v) is 9.55. The van der Waals surface area contributed by atoms with Gasteiger partial charge in [0, 0.05) is 36.3 Å². The molecule has 5 heteroatoms. The molecule has 1 fully saturated rings. The van der Waals surface area contributed by atoms with Crippen LogP contribution in [0.15, 0.2) is 42.5 Å². The molecule has 4 rings (SSSR count). The van der Waals surface area contributed by atoms with Gasteiger partial charge in [0.25, 0.3) is 5.91 Å². The number of aryl methyl sites for hydroxylation is 1. The summed E-state index contributed by atoms with van der Waals surface area (Å²) in [5, 5.41) is 12.7. The van der Waals surface area contributed by atoms with Crippen molar-refractivity contribution < 1.29 is 14.7 Å². The number of hydrogen-bond donors (Lipinski definition) is 2. The maximum Gasteiger partial charge on any atom is 0.255 e. The maximum absolute atomic E-state index is 12.5. The molecule has 0 aromatic heterocycles. The number of β-amino-alcohol motifs (C(OH)–C–C–N with tert-alkyl or cyclic N) is 1. The molecule has 0 bridgehead atoms. The number of aliphatic hydroxyl groups is 1. The van der Waals surface area contributed by atoms with Crippen molar-refractivity contribution in [3.8, 4) is 0 Å². The summed E-state index contributed by atoms with van der Waals surface area (Å²) >= 11 is 0. The molecule has 1 atom stereocenters.